The number of phenols is 1. The molecular formula is C16H15N3O3. The molecule has 6 heteroatoms. The number of benzene rings is 2. The van der Waals surface area contributed by atoms with E-state index < -0.39 is 11.8 Å². The van der Waals surface area contributed by atoms with Crippen molar-refractivity contribution in [2.75, 3.05) is 6.54 Å². The van der Waals surface area contributed by atoms with Crippen molar-refractivity contribution in [3.05, 3.63) is 54.6 Å². The van der Waals surface area contributed by atoms with Gasteiger partial charge in [0.1, 0.15) is 5.75 Å². The molecule has 2 aromatic rings. The van der Waals surface area contributed by atoms with Gasteiger partial charge < -0.3 is 10.4 Å². The van der Waals surface area contributed by atoms with Crippen LogP contribution in [0.3, 0.4) is 0 Å². The van der Waals surface area contributed by atoms with E-state index in [1.54, 1.807) is 12.1 Å². The van der Waals surface area contributed by atoms with Crippen molar-refractivity contribution in [2.24, 2.45) is 5.10 Å². The highest BCUT2D eigenvalue weighted by Gasteiger charge is 2.11. The number of rotatable bonds is 4. The quantitative estimate of drug-likeness (QED) is 0.344. The lowest BCUT2D eigenvalue weighted by Crippen LogP contribution is -2.37. The maximum atomic E-state index is 11.5. The summed E-state index contributed by atoms with van der Waals surface area (Å²) < 4.78 is 0. The average molecular weight is 297 g/mol. The Labute approximate surface area is 127 Å². The number of amides is 2. The van der Waals surface area contributed by atoms with Crippen LogP contribution in [0.1, 0.15) is 5.56 Å². The molecule has 0 aliphatic heterocycles. The molecule has 3 N–H and O–H groups in total. The molecule has 2 aromatic carbocycles. The molecular weight excluding hydrogens is 282 g/mol. The van der Waals surface area contributed by atoms with Crippen molar-refractivity contribution in [1.82, 2.24) is 10.7 Å². The number of phenolic OH excluding ortho intramolecular Hbond substituents is 1. The summed E-state index contributed by atoms with van der Waals surface area (Å²) in [4.78, 5) is 22.8. The van der Waals surface area contributed by atoms with Gasteiger partial charge >= 0.3 is 11.8 Å². The first-order valence-electron chi connectivity index (χ1n) is 6.56. The summed E-state index contributed by atoms with van der Waals surface area (Å²) in [6.07, 6.45) is 2.76. The maximum absolute atomic E-state index is 11.5. The van der Waals surface area contributed by atoms with Crippen LogP contribution in [0.2, 0.25) is 0 Å². The number of nitrogens with one attached hydrogen (secondary N) is 2. The molecule has 0 fully saturated rings. The number of nitrogens with zero attached hydrogens (tertiary/aromatic N) is 1. The topological polar surface area (TPSA) is 90.8 Å². The maximum Gasteiger partial charge on any atom is 0.329 e. The SMILES string of the molecule is C=CCNC(=O)C(=O)N/N=C/c1c(O)ccc2ccccc12. The number of carbonyl (C=O) groups is 2. The van der Waals surface area contributed by atoms with Crippen LogP contribution in [0.5, 0.6) is 5.75 Å². The van der Waals surface area contributed by atoms with Gasteiger partial charge in [-0.05, 0) is 16.8 Å². The van der Waals surface area contributed by atoms with Crippen LogP contribution in [-0.2, 0) is 9.59 Å². The van der Waals surface area contributed by atoms with Crippen LogP contribution in [0, 0.1) is 0 Å². The van der Waals surface area contributed by atoms with Gasteiger partial charge in [-0.2, -0.15) is 5.10 Å². The van der Waals surface area contributed by atoms with Crippen LogP contribution in [0.25, 0.3) is 10.8 Å². The second-order valence-corrected chi connectivity index (χ2v) is 4.42. The number of hydrazone groups is 1. The molecule has 0 aliphatic carbocycles. The molecule has 0 radical (unpaired) electrons. The second-order valence-electron chi connectivity index (χ2n) is 4.42. The Hall–Kier alpha value is -3.15. The van der Waals surface area contributed by atoms with E-state index in [4.69, 9.17) is 0 Å². The predicted molar refractivity (Wildman–Crippen MR) is 84.6 cm³/mol. The summed E-state index contributed by atoms with van der Waals surface area (Å²) in [7, 11) is 0. The molecule has 0 bridgehead atoms. The van der Waals surface area contributed by atoms with Crippen LogP contribution in [0.4, 0.5) is 0 Å². The van der Waals surface area contributed by atoms with E-state index in [-0.39, 0.29) is 12.3 Å². The molecule has 0 atom stereocenters. The van der Waals surface area contributed by atoms with Crippen molar-refractivity contribution in [2.45, 2.75) is 0 Å². The van der Waals surface area contributed by atoms with Gasteiger partial charge in [-0.3, -0.25) is 9.59 Å². The summed E-state index contributed by atoms with van der Waals surface area (Å²) >= 11 is 0. The third kappa shape index (κ3) is 3.49. The molecule has 0 aliphatic rings. The highest BCUT2D eigenvalue weighted by Crippen LogP contribution is 2.25. The van der Waals surface area contributed by atoms with Crippen molar-refractivity contribution in [3.8, 4) is 5.75 Å². The minimum atomic E-state index is -0.891. The molecule has 0 unspecified atom stereocenters. The Balaban J connectivity index is 2.14. The van der Waals surface area contributed by atoms with Crippen molar-refractivity contribution in [3.63, 3.8) is 0 Å². The van der Waals surface area contributed by atoms with Gasteiger partial charge in [-0.1, -0.05) is 36.4 Å². The van der Waals surface area contributed by atoms with Crippen LogP contribution < -0.4 is 10.7 Å². The van der Waals surface area contributed by atoms with Gasteiger partial charge in [0.05, 0.1) is 6.21 Å². The average Bonchev–Trinajstić information content (AvgIpc) is 2.54. The fourth-order valence-corrected chi connectivity index (χ4v) is 1.87. The van der Waals surface area contributed by atoms with Crippen LogP contribution >= 0.6 is 0 Å². The predicted octanol–water partition coefficient (Wildman–Crippen LogP) is 1.30. The minimum absolute atomic E-state index is 0.0350. The highest BCUT2D eigenvalue weighted by atomic mass is 16.3. The Bertz CT molecular complexity index is 753. The van der Waals surface area contributed by atoms with Crippen LogP contribution in [-0.4, -0.2) is 29.7 Å². The molecule has 0 saturated heterocycles. The molecule has 6 nitrogen and oxygen atoms in total. The number of carbonyl (C=O) groups excluding carboxylic acids is 2. The van der Waals surface area contributed by atoms with E-state index in [1.165, 1.54) is 12.3 Å². The van der Waals surface area contributed by atoms with E-state index in [9.17, 15) is 14.7 Å². The Kier molecular flexibility index (Phi) is 4.87. The number of aromatic hydroxyl groups is 1. The van der Waals surface area contributed by atoms with E-state index in [2.05, 4.69) is 22.4 Å². The van der Waals surface area contributed by atoms with Gasteiger partial charge in [0.2, 0.25) is 0 Å². The zero-order valence-electron chi connectivity index (χ0n) is 11.7. The van der Waals surface area contributed by atoms with Crippen molar-refractivity contribution < 1.29 is 14.7 Å². The fraction of sp³-hybridized carbons (Fsp3) is 0.0625. The molecule has 2 rings (SSSR count). The fourth-order valence-electron chi connectivity index (χ4n) is 1.87. The van der Waals surface area contributed by atoms with Gasteiger partial charge in [0.25, 0.3) is 0 Å². The number of hydrogen-bond acceptors (Lipinski definition) is 4. The summed E-state index contributed by atoms with van der Waals surface area (Å²) in [6.45, 7) is 3.62. The summed E-state index contributed by atoms with van der Waals surface area (Å²) in [5, 5.41) is 17.7. The molecule has 0 heterocycles. The number of fused-ring (bicyclic) bond motifs is 1. The van der Waals surface area contributed by atoms with Crippen molar-refractivity contribution in [1.29, 1.82) is 0 Å². The van der Waals surface area contributed by atoms with Gasteiger partial charge in [-0.15, -0.1) is 6.58 Å². The summed E-state index contributed by atoms with van der Waals surface area (Å²) in [5.41, 5.74) is 2.57. The zero-order valence-corrected chi connectivity index (χ0v) is 11.7. The van der Waals surface area contributed by atoms with E-state index in [0.717, 1.165) is 10.8 Å². The number of hydrogen-bond donors (Lipinski definition) is 3. The molecule has 22 heavy (non-hydrogen) atoms. The molecule has 112 valence electrons. The lowest BCUT2D eigenvalue weighted by Gasteiger charge is -2.04. The Morgan fingerprint density at radius 3 is 2.73 bits per heavy atom. The molecule has 2 amide bonds. The van der Waals surface area contributed by atoms with Crippen LogP contribution in [0.15, 0.2) is 54.2 Å². The molecule has 0 aromatic heterocycles. The smallest absolute Gasteiger partial charge is 0.329 e. The molecule has 0 spiro atoms. The van der Waals surface area contributed by atoms with Gasteiger partial charge in [0, 0.05) is 12.1 Å². The summed E-state index contributed by atoms with van der Waals surface area (Å²) in [6, 6.07) is 10.8. The summed E-state index contributed by atoms with van der Waals surface area (Å²) in [5.74, 6) is -1.66. The van der Waals surface area contributed by atoms with E-state index >= 15 is 0 Å². The first-order chi connectivity index (χ1) is 10.6. The second kappa shape index (κ2) is 7.03. The third-order valence-corrected chi connectivity index (χ3v) is 2.92. The highest BCUT2D eigenvalue weighted by molar-refractivity contribution is 6.35. The monoisotopic (exact) mass is 297 g/mol. The lowest BCUT2D eigenvalue weighted by atomic mass is 10.0. The van der Waals surface area contributed by atoms with Crippen molar-refractivity contribution >= 4 is 28.8 Å². The largest absolute Gasteiger partial charge is 0.507 e. The third-order valence-electron chi connectivity index (χ3n) is 2.92. The lowest BCUT2D eigenvalue weighted by molar-refractivity contribution is -0.139. The zero-order chi connectivity index (χ0) is 15.9. The van der Waals surface area contributed by atoms with E-state index in [0.29, 0.717) is 5.56 Å². The minimum Gasteiger partial charge on any atom is -0.507 e. The van der Waals surface area contributed by atoms with Gasteiger partial charge in [0.15, 0.2) is 0 Å². The van der Waals surface area contributed by atoms with Gasteiger partial charge in [-0.25, -0.2) is 5.43 Å². The Morgan fingerprint density at radius 1 is 1.18 bits per heavy atom. The Morgan fingerprint density at radius 2 is 1.95 bits per heavy atom. The first kappa shape index (κ1) is 15.2. The molecule has 0 saturated carbocycles. The standard InChI is InChI=1S/C16H15N3O3/c1-2-9-17-15(21)16(22)19-18-10-13-12-6-4-3-5-11(12)7-8-14(13)20/h2-8,10,20H,1,9H2,(H,17,21)(H,19,22)/b18-10+. The van der Waals surface area contributed by atoms with E-state index in [1.807, 2.05) is 24.3 Å². The first-order valence-corrected chi connectivity index (χ1v) is 6.56. The normalized spacial score (nSPS) is 10.5.